The average molecular weight is 296 g/mol. The van der Waals surface area contributed by atoms with Gasteiger partial charge in [0, 0.05) is 38.3 Å². The Morgan fingerprint density at radius 1 is 1.14 bits per heavy atom. The quantitative estimate of drug-likeness (QED) is 0.944. The highest BCUT2D eigenvalue weighted by atomic mass is 16.2. The predicted octanol–water partition coefficient (Wildman–Crippen LogP) is 2.16. The van der Waals surface area contributed by atoms with Crippen LogP contribution < -0.4 is 0 Å². The number of likely N-dealkylation sites (tertiary alicyclic amines) is 1. The van der Waals surface area contributed by atoms with Gasteiger partial charge in [-0.25, -0.2) is 0 Å². The number of rotatable bonds is 3. The number of carbonyl (C=O) groups excluding carboxylic acids is 1. The second-order valence-electron chi connectivity index (χ2n) is 6.16. The lowest BCUT2D eigenvalue weighted by molar-refractivity contribution is 0.0785. The lowest BCUT2D eigenvalue weighted by Gasteiger charge is -2.16. The van der Waals surface area contributed by atoms with Crippen LogP contribution in [-0.4, -0.2) is 39.0 Å². The summed E-state index contributed by atoms with van der Waals surface area (Å²) in [4.78, 5) is 16.8. The van der Waals surface area contributed by atoms with Crippen LogP contribution in [0.4, 0.5) is 0 Å². The first-order valence-electron chi connectivity index (χ1n) is 7.93. The minimum absolute atomic E-state index is 0.0940. The molecular formula is C17H20N4O. The summed E-state index contributed by atoms with van der Waals surface area (Å²) in [6.45, 7) is 4.28. The van der Waals surface area contributed by atoms with Gasteiger partial charge in [-0.3, -0.25) is 14.8 Å². The van der Waals surface area contributed by atoms with Crippen molar-refractivity contribution in [2.45, 2.75) is 32.5 Å². The Labute approximate surface area is 129 Å². The molecule has 3 heterocycles. The highest BCUT2D eigenvalue weighted by Crippen LogP contribution is 2.26. The fraction of sp³-hybridized carbons (Fsp3) is 0.412. The molecule has 2 aliphatic rings. The van der Waals surface area contributed by atoms with Crippen LogP contribution in [0.3, 0.4) is 0 Å². The van der Waals surface area contributed by atoms with Crippen molar-refractivity contribution in [1.82, 2.24) is 20.0 Å². The van der Waals surface area contributed by atoms with Gasteiger partial charge in [-0.2, -0.15) is 5.10 Å². The molecule has 0 aliphatic carbocycles. The molecule has 0 radical (unpaired) electrons. The fourth-order valence-corrected chi connectivity index (χ4v) is 3.41. The van der Waals surface area contributed by atoms with E-state index in [1.54, 1.807) is 0 Å². The van der Waals surface area contributed by atoms with Crippen molar-refractivity contribution in [3.63, 3.8) is 0 Å². The van der Waals surface area contributed by atoms with Crippen LogP contribution in [-0.2, 0) is 19.6 Å². The van der Waals surface area contributed by atoms with Crippen molar-refractivity contribution in [1.29, 1.82) is 0 Å². The van der Waals surface area contributed by atoms with Gasteiger partial charge in [-0.05, 0) is 18.4 Å². The predicted molar refractivity (Wildman–Crippen MR) is 83.1 cm³/mol. The third-order valence-corrected chi connectivity index (χ3v) is 4.56. The smallest absolute Gasteiger partial charge is 0.274 e. The van der Waals surface area contributed by atoms with Gasteiger partial charge in [0.05, 0.1) is 5.69 Å². The molecule has 114 valence electrons. The first kappa shape index (κ1) is 13.5. The van der Waals surface area contributed by atoms with Crippen molar-refractivity contribution in [3.05, 3.63) is 52.8 Å². The van der Waals surface area contributed by atoms with Crippen molar-refractivity contribution < 1.29 is 4.79 Å². The van der Waals surface area contributed by atoms with Crippen LogP contribution in [0.25, 0.3) is 0 Å². The van der Waals surface area contributed by atoms with Gasteiger partial charge in [0.2, 0.25) is 0 Å². The molecule has 1 aromatic carbocycles. The summed E-state index contributed by atoms with van der Waals surface area (Å²) in [6.07, 6.45) is 2.22. The molecular weight excluding hydrogens is 276 g/mol. The van der Waals surface area contributed by atoms with E-state index in [0.717, 1.165) is 56.8 Å². The molecule has 2 aromatic rings. The molecule has 5 heteroatoms. The summed E-state index contributed by atoms with van der Waals surface area (Å²) in [5, 5.41) is 7.35. The molecule has 0 atom stereocenters. The minimum atomic E-state index is 0.0940. The number of nitrogens with zero attached hydrogens (tertiary/aromatic N) is 3. The Bertz CT molecular complexity index is 673. The maximum Gasteiger partial charge on any atom is 0.274 e. The Morgan fingerprint density at radius 3 is 2.68 bits per heavy atom. The molecule has 1 fully saturated rings. The Balaban J connectivity index is 1.49. The summed E-state index contributed by atoms with van der Waals surface area (Å²) in [7, 11) is 0. The number of nitrogens with one attached hydrogen (secondary N) is 1. The number of hydrogen-bond acceptors (Lipinski definition) is 3. The third-order valence-electron chi connectivity index (χ3n) is 4.56. The molecule has 5 nitrogen and oxygen atoms in total. The monoisotopic (exact) mass is 296 g/mol. The van der Waals surface area contributed by atoms with E-state index in [4.69, 9.17) is 0 Å². The van der Waals surface area contributed by atoms with E-state index in [2.05, 4.69) is 39.4 Å². The minimum Gasteiger partial charge on any atom is -0.337 e. The van der Waals surface area contributed by atoms with Crippen molar-refractivity contribution in [3.8, 4) is 0 Å². The zero-order chi connectivity index (χ0) is 14.9. The van der Waals surface area contributed by atoms with E-state index in [1.165, 1.54) is 5.56 Å². The largest absolute Gasteiger partial charge is 0.337 e. The van der Waals surface area contributed by atoms with Crippen LogP contribution in [0.1, 0.15) is 40.2 Å². The summed E-state index contributed by atoms with van der Waals surface area (Å²) in [5.41, 5.74) is 4.12. The summed E-state index contributed by atoms with van der Waals surface area (Å²) < 4.78 is 0. The van der Waals surface area contributed by atoms with E-state index in [1.807, 2.05) is 11.0 Å². The van der Waals surface area contributed by atoms with E-state index in [0.29, 0.717) is 5.69 Å². The number of aromatic nitrogens is 2. The highest BCUT2D eigenvalue weighted by Gasteiger charge is 2.30. The molecule has 0 bridgehead atoms. The second-order valence-corrected chi connectivity index (χ2v) is 6.16. The molecule has 1 aromatic heterocycles. The van der Waals surface area contributed by atoms with Gasteiger partial charge in [0.1, 0.15) is 0 Å². The number of amides is 1. The van der Waals surface area contributed by atoms with E-state index in [-0.39, 0.29) is 5.91 Å². The number of H-pyrrole nitrogens is 1. The van der Waals surface area contributed by atoms with Gasteiger partial charge in [0.15, 0.2) is 5.69 Å². The van der Waals surface area contributed by atoms with Crippen LogP contribution in [0, 0.1) is 0 Å². The highest BCUT2D eigenvalue weighted by molar-refractivity contribution is 5.94. The topological polar surface area (TPSA) is 52.2 Å². The molecule has 0 unspecified atom stereocenters. The number of benzene rings is 1. The van der Waals surface area contributed by atoms with Crippen LogP contribution in [0.5, 0.6) is 0 Å². The van der Waals surface area contributed by atoms with E-state index >= 15 is 0 Å². The molecule has 22 heavy (non-hydrogen) atoms. The lowest BCUT2D eigenvalue weighted by Crippen LogP contribution is -2.29. The molecule has 0 spiro atoms. The zero-order valence-electron chi connectivity index (χ0n) is 12.6. The van der Waals surface area contributed by atoms with E-state index in [9.17, 15) is 4.79 Å². The lowest BCUT2D eigenvalue weighted by atomic mass is 10.2. The van der Waals surface area contributed by atoms with Crippen LogP contribution in [0.2, 0.25) is 0 Å². The first-order valence-corrected chi connectivity index (χ1v) is 7.93. The first-order chi connectivity index (χ1) is 10.8. The Morgan fingerprint density at radius 2 is 1.91 bits per heavy atom. The number of carbonyl (C=O) groups is 1. The Hall–Kier alpha value is -2.14. The van der Waals surface area contributed by atoms with Crippen molar-refractivity contribution in [2.75, 3.05) is 13.1 Å². The maximum atomic E-state index is 12.6. The molecule has 1 N–H and O–H groups in total. The Kier molecular flexibility index (Phi) is 3.42. The van der Waals surface area contributed by atoms with Gasteiger partial charge < -0.3 is 4.90 Å². The SMILES string of the molecule is O=C(c1n[nH]c2c1CN(Cc1ccccc1)C2)N1CCCC1. The van der Waals surface area contributed by atoms with Crippen molar-refractivity contribution in [2.24, 2.45) is 0 Å². The maximum absolute atomic E-state index is 12.6. The van der Waals surface area contributed by atoms with Gasteiger partial charge in [0.25, 0.3) is 5.91 Å². The van der Waals surface area contributed by atoms with Crippen LogP contribution in [0.15, 0.2) is 30.3 Å². The van der Waals surface area contributed by atoms with Gasteiger partial charge in [-0.15, -0.1) is 0 Å². The molecule has 2 aliphatic heterocycles. The summed E-state index contributed by atoms with van der Waals surface area (Å²) in [6, 6.07) is 10.4. The third kappa shape index (κ3) is 2.41. The van der Waals surface area contributed by atoms with Crippen LogP contribution >= 0.6 is 0 Å². The zero-order valence-corrected chi connectivity index (χ0v) is 12.6. The molecule has 1 saturated heterocycles. The second kappa shape index (κ2) is 5.57. The molecule has 4 rings (SSSR count). The normalized spacial score (nSPS) is 17.9. The summed E-state index contributed by atoms with van der Waals surface area (Å²) >= 11 is 0. The van der Waals surface area contributed by atoms with Gasteiger partial charge in [-0.1, -0.05) is 30.3 Å². The fourth-order valence-electron chi connectivity index (χ4n) is 3.41. The summed E-state index contributed by atoms with van der Waals surface area (Å²) in [5.74, 6) is 0.0940. The number of fused-ring (bicyclic) bond motifs is 1. The standard InChI is InChI=1S/C17H20N4O/c22-17(21-8-4-5-9-21)16-14-11-20(12-15(14)18-19-16)10-13-6-2-1-3-7-13/h1-3,6-7H,4-5,8-12H2,(H,18,19). The van der Waals surface area contributed by atoms with E-state index < -0.39 is 0 Å². The number of hydrogen-bond donors (Lipinski definition) is 1. The average Bonchev–Trinajstić information content (AvgIpc) is 3.24. The van der Waals surface area contributed by atoms with Crippen molar-refractivity contribution >= 4 is 5.91 Å². The number of aromatic amines is 1. The molecule has 0 saturated carbocycles. The van der Waals surface area contributed by atoms with Gasteiger partial charge >= 0.3 is 0 Å². The molecule has 1 amide bonds.